The number of alkyl halides is 3. The van der Waals surface area contributed by atoms with E-state index in [1.54, 1.807) is 12.3 Å². The van der Waals surface area contributed by atoms with Gasteiger partial charge in [-0.05, 0) is 54.4 Å². The van der Waals surface area contributed by atoms with Crippen LogP contribution < -0.4 is 15.1 Å². The van der Waals surface area contributed by atoms with E-state index in [0.717, 1.165) is 23.1 Å². The van der Waals surface area contributed by atoms with Gasteiger partial charge in [-0.15, -0.1) is 0 Å². The van der Waals surface area contributed by atoms with Gasteiger partial charge >= 0.3 is 6.18 Å². The lowest BCUT2D eigenvalue weighted by Crippen LogP contribution is -2.61. The van der Waals surface area contributed by atoms with Crippen LogP contribution in [0.15, 0.2) is 66.9 Å². The van der Waals surface area contributed by atoms with E-state index in [1.165, 1.54) is 12.1 Å². The van der Waals surface area contributed by atoms with Crippen molar-refractivity contribution >= 4 is 17.3 Å². The molecular formula is C28H26F3N5O. The number of piperazine rings is 1. The minimum absolute atomic E-state index is 0.190. The molecule has 1 saturated heterocycles. The van der Waals surface area contributed by atoms with Crippen LogP contribution in [0, 0.1) is 17.2 Å². The first-order valence-electron chi connectivity index (χ1n) is 12.2. The van der Waals surface area contributed by atoms with E-state index < -0.39 is 17.7 Å². The predicted molar refractivity (Wildman–Crippen MR) is 134 cm³/mol. The van der Waals surface area contributed by atoms with Gasteiger partial charge < -0.3 is 15.1 Å². The van der Waals surface area contributed by atoms with Crippen LogP contribution >= 0.6 is 0 Å². The topological polar surface area (TPSA) is 72.3 Å². The number of hydrogen-bond donors (Lipinski definition) is 1. The summed E-state index contributed by atoms with van der Waals surface area (Å²) in [5.41, 5.74) is 2.77. The van der Waals surface area contributed by atoms with Crippen molar-refractivity contribution in [1.82, 2.24) is 10.3 Å². The average Bonchev–Trinajstić information content (AvgIpc) is 2.92. The molecule has 2 aliphatic heterocycles. The molecule has 3 heterocycles. The van der Waals surface area contributed by atoms with E-state index in [-0.39, 0.29) is 18.4 Å². The van der Waals surface area contributed by atoms with Gasteiger partial charge in [-0.3, -0.25) is 9.78 Å². The number of para-hydroxylation sites is 1. The van der Waals surface area contributed by atoms with Gasteiger partial charge in [-0.25, -0.2) is 0 Å². The number of benzene rings is 2. The van der Waals surface area contributed by atoms with Crippen molar-refractivity contribution in [3.05, 3.63) is 89.2 Å². The van der Waals surface area contributed by atoms with Crippen LogP contribution in [0.5, 0.6) is 0 Å². The Bertz CT molecular complexity index is 1320. The molecule has 1 amide bonds. The zero-order chi connectivity index (χ0) is 26.0. The minimum Gasteiger partial charge on any atom is -0.367 e. The molecule has 9 heteroatoms. The Morgan fingerprint density at radius 1 is 1.08 bits per heavy atom. The molecule has 5 rings (SSSR count). The molecule has 1 aromatic heterocycles. The highest BCUT2D eigenvalue weighted by Crippen LogP contribution is 2.40. The number of pyridine rings is 1. The summed E-state index contributed by atoms with van der Waals surface area (Å²) in [5.74, 6) is -0.735. The number of nitrogens with zero attached hydrogens (tertiary/aromatic N) is 4. The third-order valence-electron chi connectivity index (χ3n) is 7.15. The maximum absolute atomic E-state index is 13.5. The highest BCUT2D eigenvalue weighted by atomic mass is 19.4. The normalized spacial score (nSPS) is 19.0. The largest absolute Gasteiger partial charge is 0.416 e. The van der Waals surface area contributed by atoms with Crippen molar-refractivity contribution in [1.29, 1.82) is 5.26 Å². The highest BCUT2D eigenvalue weighted by molar-refractivity contribution is 5.82. The summed E-state index contributed by atoms with van der Waals surface area (Å²) in [7, 11) is 0. The minimum atomic E-state index is -4.45. The number of fused-ring (bicyclic) bond motifs is 3. The lowest BCUT2D eigenvalue weighted by molar-refractivity contribution is -0.137. The van der Waals surface area contributed by atoms with Crippen LogP contribution in [0.4, 0.5) is 24.5 Å². The molecule has 0 radical (unpaired) electrons. The van der Waals surface area contributed by atoms with Gasteiger partial charge in [0.05, 0.1) is 28.8 Å². The summed E-state index contributed by atoms with van der Waals surface area (Å²) in [6.07, 6.45) is -1.99. The number of amides is 1. The maximum Gasteiger partial charge on any atom is 0.416 e. The number of nitrogens with one attached hydrogen (secondary N) is 1. The van der Waals surface area contributed by atoms with Gasteiger partial charge in [0.2, 0.25) is 5.91 Å². The fourth-order valence-electron chi connectivity index (χ4n) is 5.35. The van der Waals surface area contributed by atoms with E-state index in [1.807, 2.05) is 36.4 Å². The van der Waals surface area contributed by atoms with Crippen molar-refractivity contribution in [3.8, 4) is 6.07 Å². The lowest BCUT2D eigenvalue weighted by Gasteiger charge is -2.49. The lowest BCUT2D eigenvalue weighted by atomic mass is 9.82. The number of anilines is 2. The van der Waals surface area contributed by atoms with Crippen molar-refractivity contribution in [2.75, 3.05) is 36.0 Å². The molecule has 0 unspecified atom stereocenters. The van der Waals surface area contributed by atoms with E-state index in [2.05, 4.69) is 26.2 Å². The number of carbonyl (C=O) groups excluding carboxylic acids is 1. The Balaban J connectivity index is 1.42. The Morgan fingerprint density at radius 3 is 2.65 bits per heavy atom. The number of hydrogen-bond acceptors (Lipinski definition) is 5. The smallest absolute Gasteiger partial charge is 0.367 e. The second-order valence-corrected chi connectivity index (χ2v) is 9.35. The fraction of sp³-hybridized carbons (Fsp3) is 0.321. The van der Waals surface area contributed by atoms with Gasteiger partial charge in [-0.1, -0.05) is 18.2 Å². The number of nitriles is 1. The second kappa shape index (κ2) is 10.1. The average molecular weight is 506 g/mol. The van der Waals surface area contributed by atoms with E-state index in [9.17, 15) is 23.2 Å². The quantitative estimate of drug-likeness (QED) is 0.563. The predicted octanol–water partition coefficient (Wildman–Crippen LogP) is 4.20. The molecule has 0 bridgehead atoms. The summed E-state index contributed by atoms with van der Waals surface area (Å²) in [5, 5.41) is 12.6. The van der Waals surface area contributed by atoms with Crippen LogP contribution in [0.2, 0.25) is 0 Å². The van der Waals surface area contributed by atoms with E-state index >= 15 is 0 Å². The first kappa shape index (κ1) is 24.6. The van der Waals surface area contributed by atoms with Crippen LogP contribution in [-0.2, 0) is 23.8 Å². The Kier molecular flexibility index (Phi) is 6.74. The monoisotopic (exact) mass is 505 g/mol. The highest BCUT2D eigenvalue weighted by Gasteiger charge is 2.43. The summed E-state index contributed by atoms with van der Waals surface area (Å²) in [6, 6.07) is 18.7. The van der Waals surface area contributed by atoms with Gasteiger partial charge in [0.15, 0.2) is 0 Å². The molecule has 0 aliphatic carbocycles. The van der Waals surface area contributed by atoms with Crippen molar-refractivity contribution in [2.45, 2.75) is 25.1 Å². The van der Waals surface area contributed by atoms with Gasteiger partial charge in [0.1, 0.15) is 6.07 Å². The summed E-state index contributed by atoms with van der Waals surface area (Å²) in [6.45, 7) is 1.98. The molecule has 6 nitrogen and oxygen atoms in total. The fourth-order valence-corrected chi connectivity index (χ4v) is 5.35. The molecule has 3 aromatic rings. The first-order chi connectivity index (χ1) is 17.8. The molecule has 0 saturated carbocycles. The van der Waals surface area contributed by atoms with Crippen molar-refractivity contribution in [2.24, 2.45) is 5.92 Å². The van der Waals surface area contributed by atoms with Crippen LogP contribution in [-0.4, -0.2) is 43.1 Å². The molecule has 1 fully saturated rings. The molecule has 190 valence electrons. The van der Waals surface area contributed by atoms with Crippen LogP contribution in [0.3, 0.4) is 0 Å². The van der Waals surface area contributed by atoms with Gasteiger partial charge in [-0.2, -0.15) is 18.4 Å². The Morgan fingerprint density at radius 2 is 1.89 bits per heavy atom. The Hall–Kier alpha value is -4.06. The van der Waals surface area contributed by atoms with Crippen molar-refractivity contribution < 1.29 is 18.0 Å². The van der Waals surface area contributed by atoms with Crippen molar-refractivity contribution in [3.63, 3.8) is 0 Å². The van der Waals surface area contributed by atoms with Crippen LogP contribution in [0.25, 0.3) is 0 Å². The number of carbonyl (C=O) groups is 1. The number of aromatic nitrogens is 1. The number of halogens is 3. The molecule has 2 aliphatic rings. The van der Waals surface area contributed by atoms with E-state index in [0.29, 0.717) is 43.7 Å². The third kappa shape index (κ3) is 5.10. The van der Waals surface area contributed by atoms with E-state index in [4.69, 9.17) is 0 Å². The standard InChI is InChI=1S/C28H26F3N5O/c29-28(30,31)21-8-9-25-20(15-21)16-23(27(37)34-12-10-22-6-3-4-11-33-22)26-18-35(13-14-36(25)26)24-7-2-1-5-19(24)17-32/h1-9,11,15,23,26H,10,12-14,16,18H2,(H,34,37)/t23-,26+/m1/s1. The Labute approximate surface area is 213 Å². The molecule has 2 aromatic carbocycles. The molecule has 2 atom stereocenters. The molecule has 0 spiro atoms. The molecule has 1 N–H and O–H groups in total. The third-order valence-corrected chi connectivity index (χ3v) is 7.15. The summed E-state index contributed by atoms with van der Waals surface area (Å²) in [4.78, 5) is 21.9. The first-order valence-corrected chi connectivity index (χ1v) is 12.2. The zero-order valence-electron chi connectivity index (χ0n) is 20.1. The SMILES string of the molecule is N#Cc1ccccc1N1CCN2c3ccc(C(F)(F)F)cc3C[C@@H](C(=O)NCCc3ccccn3)[C@@H]2C1. The van der Waals surface area contributed by atoms with Crippen LogP contribution in [0.1, 0.15) is 22.4 Å². The molecule has 37 heavy (non-hydrogen) atoms. The zero-order valence-corrected chi connectivity index (χ0v) is 20.1. The van der Waals surface area contributed by atoms with Gasteiger partial charge in [0.25, 0.3) is 0 Å². The number of rotatable bonds is 5. The summed E-state index contributed by atoms with van der Waals surface area (Å²) < 4.78 is 40.4. The maximum atomic E-state index is 13.5. The second-order valence-electron chi connectivity index (χ2n) is 9.35. The van der Waals surface area contributed by atoms with Gasteiger partial charge in [0, 0.05) is 50.2 Å². The molecular weight excluding hydrogens is 479 g/mol. The summed E-state index contributed by atoms with van der Waals surface area (Å²) >= 11 is 0.